The van der Waals surface area contributed by atoms with E-state index in [-0.39, 0.29) is 27.9 Å². The summed E-state index contributed by atoms with van der Waals surface area (Å²) < 4.78 is 2.78. The zero-order valence-electron chi connectivity index (χ0n) is 42.4. The molecule has 7 aliphatic rings. The van der Waals surface area contributed by atoms with Crippen LogP contribution in [0.4, 0.5) is 91.0 Å². The number of rotatable bonds is 4. The first-order valence-corrected chi connectivity index (χ1v) is 29.0. The van der Waals surface area contributed by atoms with Crippen molar-refractivity contribution in [3.05, 3.63) is 243 Å². The number of hydrogen-bond acceptors (Lipinski definition) is 6. The van der Waals surface area contributed by atoms with Crippen LogP contribution in [0.25, 0.3) is 42.3 Å². The summed E-state index contributed by atoms with van der Waals surface area (Å²) in [5.41, 5.74) is 34.6. The quantitative estimate of drug-likeness (QED) is 0.171. The number of fused-ring (bicyclic) bond motifs is 17. The number of benzene rings is 11. The maximum absolute atomic E-state index is 3.97. The van der Waals surface area contributed by atoms with Gasteiger partial charge in [0.25, 0.3) is 0 Å². The van der Waals surface area contributed by atoms with Crippen molar-refractivity contribution in [2.45, 2.75) is 0 Å². The Hall–Kier alpha value is -9.65. The van der Waals surface area contributed by atoms with Crippen molar-refractivity contribution >= 4 is 152 Å². The van der Waals surface area contributed by atoms with Crippen molar-refractivity contribution in [2.75, 3.05) is 30.2 Å². The van der Waals surface area contributed by atoms with Gasteiger partial charge in [-0.1, -0.05) is 24.3 Å². The van der Waals surface area contributed by atoms with E-state index in [0.717, 1.165) is 34.1 Å². The summed E-state index contributed by atoms with van der Waals surface area (Å²) in [6.07, 6.45) is 0. The molecule has 1 aromatic heterocycles. The van der Waals surface area contributed by atoms with E-state index in [2.05, 4.69) is 273 Å². The van der Waals surface area contributed by atoms with Gasteiger partial charge in [0.15, 0.2) is 0 Å². The molecule has 0 fully saturated rings. The van der Waals surface area contributed by atoms with Crippen molar-refractivity contribution in [3.8, 4) is 42.3 Å². The van der Waals surface area contributed by atoms with Crippen LogP contribution >= 0.6 is 0 Å². The summed E-state index contributed by atoms with van der Waals surface area (Å²) in [7, 11) is 0. The molecule has 0 saturated heterocycles. The summed E-state index contributed by atoms with van der Waals surface area (Å²) in [5.74, 6) is 0. The minimum absolute atomic E-state index is 0.0669. The topological polar surface area (TPSA) is 37.0 Å². The zero-order chi connectivity index (χ0) is 51.2. The van der Waals surface area contributed by atoms with Gasteiger partial charge in [-0.2, -0.15) is 0 Å². The molecule has 0 atom stereocenters. The molecule has 6 nitrogen and oxygen atoms in total. The predicted octanol–water partition coefficient (Wildman–Crippen LogP) is 14.0. The standard InChI is InChI=1S/C70H42B2N6Se/c1-5-17-41(18-6-1)45-30-36-55-50(39-45)72-49-33-32-48-63-64(49)78(59-38-34-53-65(62(59)72)75(55)56-27-15-13-25-51(56)73-53)68-67(69(43-21-9-3-10-22-43)79-70(68)44-23-11-4-12-24-44)77(63)58-37-35-54-66-61(58)71(48)47-31-29-46(42-19-7-2-8-20-42)40-60(47)76(66)57-28-16-14-26-52(57)74-54/h1-40,73-74H. The van der Waals surface area contributed by atoms with Crippen molar-refractivity contribution in [1.29, 1.82) is 0 Å². The molecule has 8 heterocycles. The monoisotopic (exact) mass is 1070 g/mol. The average Bonchev–Trinajstić information content (AvgIpc) is 3.55. The molecule has 364 valence electrons. The van der Waals surface area contributed by atoms with Gasteiger partial charge in [0.1, 0.15) is 0 Å². The van der Waals surface area contributed by atoms with Crippen molar-refractivity contribution < 1.29 is 0 Å². The van der Waals surface area contributed by atoms with Gasteiger partial charge in [-0.15, -0.1) is 0 Å². The molecule has 7 aliphatic heterocycles. The Labute approximate surface area is 464 Å². The third-order valence-electron chi connectivity index (χ3n) is 17.8. The molecule has 0 radical (unpaired) electrons. The first kappa shape index (κ1) is 42.5. The van der Waals surface area contributed by atoms with E-state index in [4.69, 9.17) is 0 Å². The molecular formula is C70H42B2N6Se. The summed E-state index contributed by atoms with van der Waals surface area (Å²) in [5, 5.41) is 7.93. The van der Waals surface area contributed by atoms with E-state index in [9.17, 15) is 0 Å². The number of nitrogens with zero attached hydrogens (tertiary/aromatic N) is 4. The van der Waals surface area contributed by atoms with Crippen LogP contribution in [-0.2, 0) is 0 Å². The number of nitrogens with one attached hydrogen (secondary N) is 2. The molecule has 2 N–H and O–H groups in total. The Bertz CT molecular complexity index is 4660. The minimum atomic E-state index is -0.0863. The van der Waals surface area contributed by atoms with E-state index in [0.29, 0.717) is 0 Å². The molecule has 19 rings (SSSR count). The third-order valence-corrected chi connectivity index (χ3v) is 20.4. The van der Waals surface area contributed by atoms with E-state index in [1.165, 1.54) is 132 Å². The summed E-state index contributed by atoms with van der Waals surface area (Å²) >= 11 is -0.0863. The van der Waals surface area contributed by atoms with Crippen molar-refractivity contribution in [1.82, 2.24) is 0 Å². The molecule has 0 spiro atoms. The fourth-order valence-corrected chi connectivity index (χ4v) is 17.3. The van der Waals surface area contributed by atoms with Crippen LogP contribution in [-0.4, -0.2) is 27.9 Å². The van der Waals surface area contributed by atoms with Crippen molar-refractivity contribution in [3.63, 3.8) is 0 Å². The summed E-state index contributed by atoms with van der Waals surface area (Å²) in [4.78, 5) is 10.7. The SMILES string of the molecule is c1ccc(-c2ccc3c(c2)B2c4ccc5c6c4N(c4ccc7c(c42)N3c2ccccc2N7)c2c(-c3ccccc3)[se]c(-c3ccccc3)c2N6c2ccc3c4c2B5c2ccc(-c5ccccc5)cc2N4c2ccccc2N3)cc1. The number of para-hydroxylation sites is 4. The van der Waals surface area contributed by atoms with Crippen LogP contribution in [0.5, 0.6) is 0 Å². The van der Waals surface area contributed by atoms with Gasteiger partial charge < -0.3 is 0 Å². The second-order valence-corrected chi connectivity index (χ2v) is 23.8. The molecule has 0 bridgehead atoms. The van der Waals surface area contributed by atoms with E-state index >= 15 is 0 Å². The first-order chi connectivity index (χ1) is 39.2. The molecule has 11 aromatic carbocycles. The van der Waals surface area contributed by atoms with E-state index in [1.807, 2.05) is 0 Å². The van der Waals surface area contributed by atoms with Gasteiger partial charge in [-0.05, 0) is 0 Å². The molecule has 0 aliphatic carbocycles. The summed E-state index contributed by atoms with van der Waals surface area (Å²) in [6.45, 7) is -0.145. The van der Waals surface area contributed by atoms with Gasteiger partial charge in [-0.25, -0.2) is 0 Å². The normalized spacial score (nSPS) is 14.1. The second kappa shape index (κ2) is 15.5. The molecule has 0 unspecified atom stereocenters. The Kier molecular flexibility index (Phi) is 8.34. The molecule has 0 saturated carbocycles. The van der Waals surface area contributed by atoms with Crippen LogP contribution in [0.1, 0.15) is 0 Å². The van der Waals surface area contributed by atoms with E-state index in [1.54, 1.807) is 0 Å². The number of hydrogen-bond donors (Lipinski definition) is 2. The van der Waals surface area contributed by atoms with Crippen molar-refractivity contribution in [2.24, 2.45) is 0 Å². The predicted molar refractivity (Wildman–Crippen MR) is 333 cm³/mol. The fourth-order valence-electron chi connectivity index (χ4n) is 14.6. The van der Waals surface area contributed by atoms with Crippen LogP contribution < -0.4 is 63.0 Å². The first-order valence-electron chi connectivity index (χ1n) is 27.3. The van der Waals surface area contributed by atoms with Gasteiger partial charge >= 0.3 is 443 Å². The summed E-state index contributed by atoms with van der Waals surface area (Å²) in [6, 6.07) is 91.2. The fraction of sp³-hybridized carbons (Fsp3) is 0. The van der Waals surface area contributed by atoms with Gasteiger partial charge in [0, 0.05) is 0 Å². The van der Waals surface area contributed by atoms with Gasteiger partial charge in [-0.3, -0.25) is 0 Å². The van der Waals surface area contributed by atoms with Crippen LogP contribution in [0.3, 0.4) is 0 Å². The molecule has 0 amide bonds. The average molecular weight is 1070 g/mol. The molecule has 79 heavy (non-hydrogen) atoms. The van der Waals surface area contributed by atoms with Crippen LogP contribution in [0.2, 0.25) is 0 Å². The second-order valence-electron chi connectivity index (χ2n) is 21.7. The molecule has 9 heteroatoms. The maximum atomic E-state index is 3.97. The van der Waals surface area contributed by atoms with Gasteiger partial charge in [0.2, 0.25) is 0 Å². The van der Waals surface area contributed by atoms with Crippen LogP contribution in [0.15, 0.2) is 243 Å². The van der Waals surface area contributed by atoms with Crippen LogP contribution in [0, 0.1) is 0 Å². The Morgan fingerprint density at radius 1 is 0.253 bits per heavy atom. The third kappa shape index (κ3) is 5.53. The Balaban J connectivity index is 0.960. The van der Waals surface area contributed by atoms with Gasteiger partial charge in [0.05, 0.1) is 0 Å². The molecular weight excluding hydrogens is 1030 g/mol. The molecule has 12 aromatic rings. The Morgan fingerprint density at radius 3 is 1.20 bits per heavy atom. The number of anilines is 16. The Morgan fingerprint density at radius 2 is 0.671 bits per heavy atom. The zero-order valence-corrected chi connectivity index (χ0v) is 44.2. The van der Waals surface area contributed by atoms with E-state index < -0.39 is 0 Å².